The first-order valence-electron chi connectivity index (χ1n) is 10.5. The summed E-state index contributed by atoms with van der Waals surface area (Å²) in [5, 5.41) is 6.24. The van der Waals surface area contributed by atoms with E-state index < -0.39 is 0 Å². The second kappa shape index (κ2) is 8.46. The summed E-state index contributed by atoms with van der Waals surface area (Å²) >= 11 is 0. The molecule has 2 aliphatic rings. The summed E-state index contributed by atoms with van der Waals surface area (Å²) in [4.78, 5) is 15.4. The van der Waals surface area contributed by atoms with Crippen LogP contribution in [0.2, 0.25) is 0 Å². The summed E-state index contributed by atoms with van der Waals surface area (Å²) in [5.74, 6) is -0.306. The number of piperidine rings is 1. The van der Waals surface area contributed by atoms with Gasteiger partial charge in [0, 0.05) is 12.0 Å². The van der Waals surface area contributed by atoms with E-state index in [-0.39, 0.29) is 17.8 Å². The molecule has 1 fully saturated rings. The molecule has 2 aliphatic heterocycles. The molecule has 29 heavy (non-hydrogen) atoms. The Hall–Kier alpha value is -2.53. The van der Waals surface area contributed by atoms with E-state index in [0.29, 0.717) is 24.2 Å². The van der Waals surface area contributed by atoms with Gasteiger partial charge in [-0.3, -0.25) is 9.69 Å². The van der Waals surface area contributed by atoms with Crippen LogP contribution in [-0.2, 0) is 4.79 Å². The van der Waals surface area contributed by atoms with Gasteiger partial charge in [0.1, 0.15) is 5.82 Å². The van der Waals surface area contributed by atoms with Crippen molar-refractivity contribution in [3.63, 3.8) is 0 Å². The topological polar surface area (TPSA) is 35.9 Å². The Labute approximate surface area is 172 Å². The van der Waals surface area contributed by atoms with E-state index in [1.54, 1.807) is 17.1 Å². The quantitative estimate of drug-likeness (QED) is 0.761. The van der Waals surface area contributed by atoms with Crippen LogP contribution in [0.4, 0.5) is 4.39 Å². The zero-order valence-electron chi connectivity index (χ0n) is 17.2. The number of carbonyl (C=O) groups excluding carboxylic acids is 1. The van der Waals surface area contributed by atoms with Crippen LogP contribution in [0.5, 0.6) is 0 Å². The van der Waals surface area contributed by atoms with Gasteiger partial charge in [-0.2, -0.15) is 5.10 Å². The van der Waals surface area contributed by atoms with Crippen molar-refractivity contribution in [2.75, 3.05) is 19.6 Å². The van der Waals surface area contributed by atoms with E-state index in [4.69, 9.17) is 0 Å². The number of aryl methyl sites for hydroxylation is 2. The molecular weight excluding hydrogens is 365 g/mol. The standard InChI is InChI=1S/C24H28FN3O/c1-17-10-11-19(18(2)14-17)23-15-22(20-8-4-5-9-21(20)25)26-28(23)24(29)16-27-12-6-3-7-13-27/h4-5,8-11,14,23H,3,6-7,12-13,15-16H2,1-2H3/t23-/m1/s1. The minimum absolute atomic E-state index is 0.0109. The predicted octanol–water partition coefficient (Wildman–Crippen LogP) is 4.61. The number of benzene rings is 2. The minimum Gasteiger partial charge on any atom is -0.294 e. The van der Waals surface area contributed by atoms with Crippen molar-refractivity contribution in [3.8, 4) is 0 Å². The number of hydrogen-bond acceptors (Lipinski definition) is 3. The number of hydrogen-bond donors (Lipinski definition) is 0. The molecular formula is C24H28FN3O. The Bertz CT molecular complexity index is 933. The highest BCUT2D eigenvalue weighted by Gasteiger charge is 2.35. The number of nitrogens with zero attached hydrogens (tertiary/aromatic N) is 3. The first-order chi connectivity index (χ1) is 14.0. The van der Waals surface area contributed by atoms with Crippen molar-refractivity contribution in [3.05, 3.63) is 70.5 Å². The van der Waals surface area contributed by atoms with E-state index in [9.17, 15) is 9.18 Å². The van der Waals surface area contributed by atoms with Crippen LogP contribution in [0, 0.1) is 19.7 Å². The zero-order valence-corrected chi connectivity index (χ0v) is 17.2. The molecule has 0 aliphatic carbocycles. The first-order valence-corrected chi connectivity index (χ1v) is 10.5. The molecule has 4 nitrogen and oxygen atoms in total. The van der Waals surface area contributed by atoms with Crippen LogP contribution < -0.4 is 0 Å². The first kappa shape index (κ1) is 19.8. The zero-order chi connectivity index (χ0) is 20.4. The lowest BCUT2D eigenvalue weighted by atomic mass is 9.94. The van der Waals surface area contributed by atoms with Crippen LogP contribution in [-0.4, -0.2) is 41.2 Å². The van der Waals surface area contributed by atoms with Gasteiger partial charge in [0.2, 0.25) is 0 Å². The monoisotopic (exact) mass is 393 g/mol. The smallest absolute Gasteiger partial charge is 0.257 e. The highest BCUT2D eigenvalue weighted by atomic mass is 19.1. The summed E-state index contributed by atoms with van der Waals surface area (Å²) in [5.41, 5.74) is 4.52. The number of hydrazone groups is 1. The number of halogens is 1. The lowest BCUT2D eigenvalue weighted by Crippen LogP contribution is -2.40. The largest absolute Gasteiger partial charge is 0.294 e. The molecule has 152 valence electrons. The Kier molecular flexibility index (Phi) is 5.76. The molecule has 1 amide bonds. The van der Waals surface area contributed by atoms with E-state index in [1.807, 2.05) is 6.07 Å². The molecule has 0 aromatic heterocycles. The normalized spacial score (nSPS) is 20.0. The third-order valence-electron chi connectivity index (χ3n) is 5.94. The third-order valence-corrected chi connectivity index (χ3v) is 5.94. The van der Waals surface area contributed by atoms with Gasteiger partial charge in [0.05, 0.1) is 18.3 Å². The molecule has 2 aromatic rings. The number of carbonyl (C=O) groups is 1. The Morgan fingerprint density at radius 1 is 1.10 bits per heavy atom. The van der Waals surface area contributed by atoms with Crippen LogP contribution in [0.1, 0.15) is 54.0 Å². The van der Waals surface area contributed by atoms with E-state index >= 15 is 0 Å². The molecule has 5 heteroatoms. The Morgan fingerprint density at radius 2 is 1.86 bits per heavy atom. The lowest BCUT2D eigenvalue weighted by Gasteiger charge is -2.29. The molecule has 0 unspecified atom stereocenters. The van der Waals surface area contributed by atoms with Gasteiger partial charge in [-0.1, -0.05) is 48.4 Å². The molecule has 2 heterocycles. The lowest BCUT2D eigenvalue weighted by molar-refractivity contribution is -0.134. The average molecular weight is 394 g/mol. The van der Waals surface area contributed by atoms with Gasteiger partial charge >= 0.3 is 0 Å². The van der Waals surface area contributed by atoms with Crippen molar-refractivity contribution in [2.24, 2.45) is 5.10 Å². The van der Waals surface area contributed by atoms with Crippen molar-refractivity contribution in [2.45, 2.75) is 45.6 Å². The fourth-order valence-corrected chi connectivity index (χ4v) is 4.42. The maximum Gasteiger partial charge on any atom is 0.257 e. The molecule has 4 rings (SSSR count). The molecule has 2 aromatic carbocycles. The summed E-state index contributed by atoms with van der Waals surface area (Å²) in [6.07, 6.45) is 4.03. The van der Waals surface area contributed by atoms with Crippen LogP contribution >= 0.6 is 0 Å². The predicted molar refractivity (Wildman–Crippen MR) is 113 cm³/mol. The van der Waals surface area contributed by atoms with Gasteiger partial charge in [-0.05, 0) is 57.0 Å². The van der Waals surface area contributed by atoms with Crippen LogP contribution in [0.15, 0.2) is 47.6 Å². The fraction of sp³-hybridized carbons (Fsp3) is 0.417. The van der Waals surface area contributed by atoms with E-state index in [1.165, 1.54) is 18.1 Å². The number of amides is 1. The fourth-order valence-electron chi connectivity index (χ4n) is 4.42. The molecule has 0 radical (unpaired) electrons. The van der Waals surface area contributed by atoms with Crippen LogP contribution in [0.25, 0.3) is 0 Å². The van der Waals surface area contributed by atoms with E-state index in [0.717, 1.165) is 37.1 Å². The third kappa shape index (κ3) is 4.25. The maximum atomic E-state index is 14.4. The van der Waals surface area contributed by atoms with Gasteiger partial charge < -0.3 is 0 Å². The number of rotatable bonds is 4. The average Bonchev–Trinajstić information content (AvgIpc) is 3.14. The van der Waals surface area contributed by atoms with Crippen molar-refractivity contribution in [1.29, 1.82) is 0 Å². The summed E-state index contributed by atoms with van der Waals surface area (Å²) < 4.78 is 14.4. The molecule has 1 atom stereocenters. The van der Waals surface area contributed by atoms with Crippen LogP contribution in [0.3, 0.4) is 0 Å². The Balaban J connectivity index is 1.65. The van der Waals surface area contributed by atoms with Gasteiger partial charge in [-0.25, -0.2) is 9.40 Å². The van der Waals surface area contributed by atoms with E-state index in [2.05, 4.69) is 42.0 Å². The van der Waals surface area contributed by atoms with Gasteiger partial charge in [0.25, 0.3) is 5.91 Å². The second-order valence-electron chi connectivity index (χ2n) is 8.18. The SMILES string of the molecule is Cc1ccc([C@H]2CC(c3ccccc3F)=NN2C(=O)CN2CCCCC2)c(C)c1. The van der Waals surface area contributed by atoms with Crippen molar-refractivity contribution in [1.82, 2.24) is 9.91 Å². The molecule has 0 saturated carbocycles. The molecule has 1 saturated heterocycles. The summed E-state index contributed by atoms with van der Waals surface area (Å²) in [7, 11) is 0. The second-order valence-corrected chi connectivity index (χ2v) is 8.18. The summed E-state index contributed by atoms with van der Waals surface area (Å²) in [6.45, 7) is 6.41. The minimum atomic E-state index is -0.295. The van der Waals surface area contributed by atoms with Gasteiger partial charge in [-0.15, -0.1) is 0 Å². The molecule has 0 N–H and O–H groups in total. The van der Waals surface area contributed by atoms with Crippen molar-refractivity contribution < 1.29 is 9.18 Å². The molecule has 0 bridgehead atoms. The number of likely N-dealkylation sites (tertiary alicyclic amines) is 1. The summed E-state index contributed by atoms with van der Waals surface area (Å²) in [6, 6.07) is 12.8. The highest BCUT2D eigenvalue weighted by Crippen LogP contribution is 2.35. The van der Waals surface area contributed by atoms with Gasteiger partial charge in [0.15, 0.2) is 0 Å². The molecule has 0 spiro atoms. The highest BCUT2D eigenvalue weighted by molar-refractivity contribution is 6.03. The maximum absolute atomic E-state index is 14.4. The Morgan fingerprint density at radius 3 is 2.59 bits per heavy atom. The van der Waals surface area contributed by atoms with Crippen molar-refractivity contribution >= 4 is 11.6 Å².